The molecule has 0 spiro atoms. The minimum atomic E-state index is -2.88. The average Bonchev–Trinajstić information content (AvgIpc) is 3.38. The van der Waals surface area contributed by atoms with Crippen LogP contribution in [0, 0.1) is 0 Å². The van der Waals surface area contributed by atoms with E-state index in [2.05, 4.69) is 0 Å². The summed E-state index contributed by atoms with van der Waals surface area (Å²) in [6.07, 6.45) is 0. The van der Waals surface area contributed by atoms with E-state index in [1.54, 1.807) is 0 Å². The molecular formula is C54H48O5Si3V. The Kier molecular flexibility index (Phi) is 17.0. The molecule has 0 radical (unpaired) electrons. The number of rotatable bonds is 9. The molecule has 9 aromatic carbocycles. The van der Waals surface area contributed by atoms with E-state index in [0.29, 0.717) is 0 Å². The van der Waals surface area contributed by atoms with Gasteiger partial charge in [0.05, 0.1) is 0 Å². The van der Waals surface area contributed by atoms with Crippen LogP contribution in [0.4, 0.5) is 0 Å². The van der Waals surface area contributed by atoms with Crippen molar-refractivity contribution in [2.45, 2.75) is 0 Å². The fourth-order valence-electron chi connectivity index (χ4n) is 7.61. The van der Waals surface area contributed by atoms with Crippen LogP contribution in [-0.2, 0) is 23.5 Å². The summed E-state index contributed by atoms with van der Waals surface area (Å²) in [4.78, 5) is 34.7. The normalized spacial score (nSPS) is 10.8. The Morgan fingerprint density at radius 1 is 0.206 bits per heavy atom. The maximum absolute atomic E-state index is 11.6. The molecule has 9 heteroatoms. The Morgan fingerprint density at radius 3 is 0.365 bits per heavy atom. The van der Waals surface area contributed by atoms with E-state index < -0.39 is 41.1 Å². The van der Waals surface area contributed by atoms with Crippen molar-refractivity contribution in [1.29, 1.82) is 0 Å². The van der Waals surface area contributed by atoms with Crippen LogP contribution in [0.3, 0.4) is 0 Å². The Morgan fingerprint density at radius 2 is 0.286 bits per heavy atom. The summed E-state index contributed by atoms with van der Waals surface area (Å²) in [6, 6.07) is 89.9. The molecule has 311 valence electrons. The molecule has 0 unspecified atom stereocenters. The summed E-state index contributed by atoms with van der Waals surface area (Å²) in [5.74, 6) is 0. The summed E-state index contributed by atoms with van der Waals surface area (Å²) >= 11 is -1.81. The molecular weight excluding hydrogens is 864 g/mol. The SMILES string of the molecule is O[Si](c1ccccc1)(c1ccccc1)c1ccccc1.O[Si](c1ccccc1)(c1ccccc1)c1ccccc1.O[Si](c1ccccc1)(c1ccccc1)c1ccccc1.[O]=[V]=[O]. The van der Waals surface area contributed by atoms with Crippen molar-refractivity contribution in [3.63, 3.8) is 0 Å². The summed E-state index contributed by atoms with van der Waals surface area (Å²) < 4.78 is 16.9. The van der Waals surface area contributed by atoms with Crippen LogP contribution in [0.25, 0.3) is 0 Å². The third-order valence-corrected chi connectivity index (χ3v) is 21.2. The van der Waals surface area contributed by atoms with Gasteiger partial charge in [-0.15, -0.1) is 0 Å². The van der Waals surface area contributed by atoms with Crippen LogP contribution in [0.1, 0.15) is 0 Å². The molecule has 0 aliphatic heterocycles. The van der Waals surface area contributed by atoms with Crippen molar-refractivity contribution in [2.24, 2.45) is 0 Å². The quantitative estimate of drug-likeness (QED) is 0.145. The second-order valence-corrected chi connectivity index (χ2v) is 24.2. The van der Waals surface area contributed by atoms with Crippen LogP contribution in [0.2, 0.25) is 0 Å². The van der Waals surface area contributed by atoms with Gasteiger partial charge in [0.1, 0.15) is 0 Å². The second-order valence-electron chi connectivity index (χ2n) is 14.5. The van der Waals surface area contributed by atoms with Gasteiger partial charge in [0.15, 0.2) is 0 Å². The molecule has 0 bridgehead atoms. The van der Waals surface area contributed by atoms with Crippen molar-refractivity contribution >= 4 is 71.6 Å². The number of hydrogen-bond donors (Lipinski definition) is 3. The average molecular weight is 912 g/mol. The molecule has 0 saturated heterocycles. The monoisotopic (exact) mass is 911 g/mol. The van der Waals surface area contributed by atoms with Crippen LogP contribution in [0.15, 0.2) is 273 Å². The Labute approximate surface area is 380 Å². The van der Waals surface area contributed by atoms with Crippen LogP contribution < -0.4 is 46.7 Å². The molecule has 0 aromatic heterocycles. The van der Waals surface area contributed by atoms with E-state index in [0.717, 1.165) is 46.7 Å². The molecule has 0 fully saturated rings. The van der Waals surface area contributed by atoms with E-state index in [-0.39, 0.29) is 0 Å². The van der Waals surface area contributed by atoms with Gasteiger partial charge in [0.2, 0.25) is 0 Å². The fraction of sp³-hybridized carbons (Fsp3) is 0. The van der Waals surface area contributed by atoms with Gasteiger partial charge >= 0.3 is 23.5 Å². The molecule has 3 N–H and O–H groups in total. The maximum atomic E-state index is 11.6. The molecule has 5 nitrogen and oxygen atoms in total. The topological polar surface area (TPSA) is 94.8 Å². The Hall–Kier alpha value is -6.30. The van der Waals surface area contributed by atoms with Gasteiger partial charge in [-0.3, -0.25) is 0 Å². The van der Waals surface area contributed by atoms with E-state index in [1.807, 2.05) is 273 Å². The van der Waals surface area contributed by atoms with Crippen molar-refractivity contribution in [2.75, 3.05) is 0 Å². The standard InChI is InChI=1S/3C18H16OSi.2O.V/c3*19-20(16-10-4-1-5-11-16,17-12-6-2-7-13-17)18-14-8-3-9-15-18;;;/h3*1-15,19H;;;. The van der Waals surface area contributed by atoms with Crippen LogP contribution >= 0.6 is 0 Å². The van der Waals surface area contributed by atoms with Gasteiger partial charge in [0, 0.05) is 0 Å². The van der Waals surface area contributed by atoms with Crippen molar-refractivity contribution in [1.82, 2.24) is 0 Å². The zero-order valence-electron chi connectivity index (χ0n) is 34.6. The predicted octanol–water partition coefficient (Wildman–Crippen LogP) is 4.70. The number of benzene rings is 9. The summed E-state index contributed by atoms with van der Waals surface area (Å²) in [5.41, 5.74) is 0. The first-order valence-electron chi connectivity index (χ1n) is 20.5. The first-order chi connectivity index (χ1) is 30.9. The fourth-order valence-corrected chi connectivity index (χ4v) is 16.7. The zero-order chi connectivity index (χ0) is 44.2. The van der Waals surface area contributed by atoms with Gasteiger partial charge < -0.3 is 14.4 Å². The van der Waals surface area contributed by atoms with Crippen molar-refractivity contribution in [3.05, 3.63) is 273 Å². The zero-order valence-corrected chi connectivity index (χ0v) is 39.0. The molecule has 0 heterocycles. The third-order valence-electron chi connectivity index (χ3n) is 10.7. The molecule has 63 heavy (non-hydrogen) atoms. The summed E-state index contributed by atoms with van der Waals surface area (Å²) in [6.45, 7) is 0. The van der Waals surface area contributed by atoms with E-state index in [9.17, 15) is 14.4 Å². The molecule has 0 atom stereocenters. The molecule has 9 aromatic rings. The van der Waals surface area contributed by atoms with Gasteiger partial charge in [0.25, 0.3) is 25.0 Å². The number of hydrogen-bond acceptors (Lipinski definition) is 5. The molecule has 0 aliphatic carbocycles. The third kappa shape index (κ3) is 11.2. The minimum absolute atomic E-state index is 1.01. The van der Waals surface area contributed by atoms with E-state index >= 15 is 0 Å². The molecule has 9 rings (SSSR count). The Bertz CT molecular complexity index is 2120. The van der Waals surface area contributed by atoms with Crippen LogP contribution in [0.5, 0.6) is 0 Å². The van der Waals surface area contributed by atoms with Gasteiger partial charge in [-0.25, -0.2) is 0 Å². The van der Waals surface area contributed by atoms with E-state index in [4.69, 9.17) is 7.35 Å². The first kappa shape index (κ1) is 46.2. The van der Waals surface area contributed by atoms with Gasteiger partial charge in [-0.1, -0.05) is 273 Å². The van der Waals surface area contributed by atoms with Gasteiger partial charge in [-0.2, -0.15) is 0 Å². The van der Waals surface area contributed by atoms with Crippen LogP contribution in [-0.4, -0.2) is 39.3 Å². The first-order valence-corrected chi connectivity index (χ1v) is 27.5. The second kappa shape index (κ2) is 23.2. The molecule has 0 aliphatic rings. The molecule has 0 saturated carbocycles. The summed E-state index contributed by atoms with van der Waals surface area (Å²) in [7, 11) is -8.63. The van der Waals surface area contributed by atoms with Crippen molar-refractivity contribution in [3.8, 4) is 0 Å². The van der Waals surface area contributed by atoms with Gasteiger partial charge in [-0.05, 0) is 46.7 Å². The van der Waals surface area contributed by atoms with E-state index in [1.165, 1.54) is 0 Å². The summed E-state index contributed by atoms with van der Waals surface area (Å²) in [5, 5.41) is 9.10. The molecule has 0 amide bonds. The predicted molar refractivity (Wildman–Crippen MR) is 260 cm³/mol. The Balaban J connectivity index is 0.000000152. The van der Waals surface area contributed by atoms with Crippen molar-refractivity contribution < 1.29 is 37.9 Å².